The lowest BCUT2D eigenvalue weighted by Crippen LogP contribution is -2.13. The van der Waals surface area contributed by atoms with Crippen LogP contribution < -0.4 is 0 Å². The first-order chi connectivity index (χ1) is 8.40. The molecular weight excluding hydrogens is 220 g/mol. The van der Waals surface area contributed by atoms with E-state index < -0.39 is 0 Å². The molecule has 0 radical (unpaired) electrons. The molecule has 1 heteroatoms. The van der Waals surface area contributed by atoms with E-state index in [1.807, 2.05) is 0 Å². The number of hydrogen-bond donors (Lipinski definition) is 0. The Morgan fingerprint density at radius 3 is 2.33 bits per heavy atom. The molecular formula is C17H26O. The average molecular weight is 246 g/mol. The molecule has 100 valence electrons. The minimum absolute atomic E-state index is 0.103. The third-order valence-electron chi connectivity index (χ3n) is 3.41. The quantitative estimate of drug-likeness (QED) is 0.674. The lowest BCUT2D eigenvalue weighted by Gasteiger charge is -2.21. The van der Waals surface area contributed by atoms with Crippen LogP contribution in [0.3, 0.4) is 0 Å². The second-order valence-corrected chi connectivity index (χ2v) is 6.00. The molecule has 0 aromatic heterocycles. The summed E-state index contributed by atoms with van der Waals surface area (Å²) in [7, 11) is 0. The SMILES string of the molecule is CCCCC(=O)c1cc(C(C)(C)C)ccc1CC. The van der Waals surface area contributed by atoms with Crippen molar-refractivity contribution >= 4 is 5.78 Å². The van der Waals surface area contributed by atoms with Crippen molar-refractivity contribution in [1.29, 1.82) is 0 Å². The van der Waals surface area contributed by atoms with E-state index in [1.165, 1.54) is 11.1 Å². The van der Waals surface area contributed by atoms with Gasteiger partial charge in [-0.25, -0.2) is 0 Å². The molecule has 0 fully saturated rings. The lowest BCUT2D eigenvalue weighted by atomic mass is 9.84. The van der Waals surface area contributed by atoms with Crippen molar-refractivity contribution in [3.8, 4) is 0 Å². The maximum Gasteiger partial charge on any atom is 0.163 e. The van der Waals surface area contributed by atoms with Gasteiger partial charge in [0.1, 0.15) is 0 Å². The molecule has 1 rings (SSSR count). The number of carbonyl (C=O) groups is 1. The average Bonchev–Trinajstić information content (AvgIpc) is 2.34. The molecule has 1 aromatic carbocycles. The number of hydrogen-bond acceptors (Lipinski definition) is 1. The highest BCUT2D eigenvalue weighted by Crippen LogP contribution is 2.25. The van der Waals surface area contributed by atoms with Crippen molar-refractivity contribution in [3.63, 3.8) is 0 Å². The zero-order valence-electron chi connectivity index (χ0n) is 12.5. The molecule has 18 heavy (non-hydrogen) atoms. The van der Waals surface area contributed by atoms with E-state index in [0.29, 0.717) is 12.2 Å². The summed E-state index contributed by atoms with van der Waals surface area (Å²) >= 11 is 0. The van der Waals surface area contributed by atoms with Gasteiger partial charge in [-0.15, -0.1) is 0 Å². The van der Waals surface area contributed by atoms with Crippen LogP contribution in [0.15, 0.2) is 18.2 Å². The monoisotopic (exact) mass is 246 g/mol. The fourth-order valence-electron chi connectivity index (χ4n) is 2.08. The Morgan fingerprint density at radius 2 is 1.83 bits per heavy atom. The second-order valence-electron chi connectivity index (χ2n) is 6.00. The molecule has 0 saturated heterocycles. The Hall–Kier alpha value is -1.11. The highest BCUT2D eigenvalue weighted by atomic mass is 16.1. The largest absolute Gasteiger partial charge is 0.294 e. The van der Waals surface area contributed by atoms with Crippen LogP contribution in [0.1, 0.15) is 75.4 Å². The Labute approximate surface area is 112 Å². The predicted octanol–water partition coefficient (Wildman–Crippen LogP) is 4.92. The minimum Gasteiger partial charge on any atom is -0.294 e. The van der Waals surface area contributed by atoms with Gasteiger partial charge in [0.25, 0.3) is 0 Å². The van der Waals surface area contributed by atoms with Gasteiger partial charge in [0, 0.05) is 12.0 Å². The van der Waals surface area contributed by atoms with Crippen LogP contribution in [0, 0.1) is 0 Å². The van der Waals surface area contributed by atoms with Crippen LogP contribution in [-0.2, 0) is 11.8 Å². The second kappa shape index (κ2) is 6.17. The molecule has 0 amide bonds. The summed E-state index contributed by atoms with van der Waals surface area (Å²) in [6.45, 7) is 10.8. The van der Waals surface area contributed by atoms with Crippen molar-refractivity contribution in [1.82, 2.24) is 0 Å². The van der Waals surface area contributed by atoms with E-state index in [1.54, 1.807) is 0 Å². The van der Waals surface area contributed by atoms with Gasteiger partial charge in [-0.3, -0.25) is 4.79 Å². The topological polar surface area (TPSA) is 17.1 Å². The third kappa shape index (κ3) is 3.69. The summed E-state index contributed by atoms with van der Waals surface area (Å²) in [5, 5.41) is 0. The minimum atomic E-state index is 0.103. The molecule has 0 spiro atoms. The molecule has 0 saturated carbocycles. The van der Waals surface area contributed by atoms with Crippen molar-refractivity contribution in [3.05, 3.63) is 34.9 Å². The van der Waals surface area contributed by atoms with Gasteiger partial charge in [-0.1, -0.05) is 53.2 Å². The molecule has 0 bridgehead atoms. The Bertz CT molecular complexity index is 410. The molecule has 0 atom stereocenters. The summed E-state index contributed by atoms with van der Waals surface area (Å²) in [6, 6.07) is 6.39. The third-order valence-corrected chi connectivity index (χ3v) is 3.41. The van der Waals surface area contributed by atoms with Gasteiger partial charge in [0.05, 0.1) is 0 Å². The van der Waals surface area contributed by atoms with Crippen LogP contribution >= 0.6 is 0 Å². The number of unbranched alkanes of at least 4 members (excludes halogenated alkanes) is 1. The standard InChI is InChI=1S/C17H26O/c1-6-8-9-16(18)15-12-14(17(3,4)5)11-10-13(15)7-2/h10-12H,6-9H2,1-5H3. The highest BCUT2D eigenvalue weighted by molar-refractivity contribution is 5.97. The Morgan fingerprint density at radius 1 is 1.17 bits per heavy atom. The smallest absolute Gasteiger partial charge is 0.163 e. The zero-order chi connectivity index (χ0) is 13.8. The predicted molar refractivity (Wildman–Crippen MR) is 78.4 cm³/mol. The number of rotatable bonds is 5. The summed E-state index contributed by atoms with van der Waals surface area (Å²) < 4.78 is 0. The Kier molecular flexibility index (Phi) is 5.13. The van der Waals surface area contributed by atoms with Gasteiger partial charge in [-0.2, -0.15) is 0 Å². The van der Waals surface area contributed by atoms with Gasteiger partial charge in [0.2, 0.25) is 0 Å². The van der Waals surface area contributed by atoms with Crippen LogP contribution in [0.25, 0.3) is 0 Å². The van der Waals surface area contributed by atoms with E-state index in [4.69, 9.17) is 0 Å². The molecule has 0 aliphatic heterocycles. The van der Waals surface area contributed by atoms with Crippen LogP contribution in [-0.4, -0.2) is 5.78 Å². The van der Waals surface area contributed by atoms with Gasteiger partial charge in [-0.05, 0) is 35.4 Å². The lowest BCUT2D eigenvalue weighted by molar-refractivity contribution is 0.0979. The van der Waals surface area contributed by atoms with Crippen LogP contribution in [0.5, 0.6) is 0 Å². The molecule has 0 N–H and O–H groups in total. The summed E-state index contributed by atoms with van der Waals surface area (Å²) in [4.78, 5) is 12.3. The maximum absolute atomic E-state index is 12.3. The summed E-state index contributed by atoms with van der Waals surface area (Å²) in [5.41, 5.74) is 3.48. The first kappa shape index (κ1) is 14.9. The van der Waals surface area contributed by atoms with Gasteiger partial charge in [0.15, 0.2) is 5.78 Å². The van der Waals surface area contributed by atoms with E-state index in [-0.39, 0.29) is 5.41 Å². The fourth-order valence-corrected chi connectivity index (χ4v) is 2.08. The van der Waals surface area contributed by atoms with E-state index in [2.05, 4.69) is 52.8 Å². The van der Waals surface area contributed by atoms with E-state index >= 15 is 0 Å². The number of ketones is 1. The fraction of sp³-hybridized carbons (Fsp3) is 0.588. The molecule has 0 aliphatic rings. The molecule has 1 nitrogen and oxygen atoms in total. The number of aryl methyl sites for hydroxylation is 1. The van der Waals surface area contributed by atoms with Crippen molar-refractivity contribution in [2.75, 3.05) is 0 Å². The van der Waals surface area contributed by atoms with Crippen molar-refractivity contribution in [2.24, 2.45) is 0 Å². The Balaban J connectivity index is 3.10. The van der Waals surface area contributed by atoms with E-state index in [9.17, 15) is 4.79 Å². The van der Waals surface area contributed by atoms with Crippen LogP contribution in [0.4, 0.5) is 0 Å². The molecule has 1 aromatic rings. The first-order valence-corrected chi connectivity index (χ1v) is 7.06. The number of Topliss-reactive ketones (excluding diaryl/α,β-unsaturated/α-hetero) is 1. The van der Waals surface area contributed by atoms with Crippen molar-refractivity contribution in [2.45, 2.75) is 65.7 Å². The summed E-state index contributed by atoms with van der Waals surface area (Å²) in [5.74, 6) is 0.305. The molecule has 0 unspecified atom stereocenters. The summed E-state index contributed by atoms with van der Waals surface area (Å²) in [6.07, 6.45) is 3.67. The van der Waals surface area contributed by atoms with E-state index in [0.717, 1.165) is 24.8 Å². The zero-order valence-corrected chi connectivity index (χ0v) is 12.5. The number of benzene rings is 1. The van der Waals surface area contributed by atoms with Gasteiger partial charge >= 0.3 is 0 Å². The highest BCUT2D eigenvalue weighted by Gasteiger charge is 2.17. The van der Waals surface area contributed by atoms with Crippen LogP contribution in [0.2, 0.25) is 0 Å². The first-order valence-electron chi connectivity index (χ1n) is 7.06. The maximum atomic E-state index is 12.3. The number of carbonyl (C=O) groups excluding carboxylic acids is 1. The van der Waals surface area contributed by atoms with Gasteiger partial charge < -0.3 is 0 Å². The van der Waals surface area contributed by atoms with Crippen molar-refractivity contribution < 1.29 is 4.79 Å². The molecule has 0 aliphatic carbocycles. The molecule has 0 heterocycles. The normalized spacial score (nSPS) is 11.6.